The maximum Gasteiger partial charge on any atom is 0.319 e. The van der Waals surface area contributed by atoms with E-state index in [-0.39, 0.29) is 24.1 Å². The minimum absolute atomic E-state index is 0.0424. The zero-order valence-electron chi connectivity index (χ0n) is 20.4. The predicted molar refractivity (Wildman–Crippen MR) is 137 cm³/mol. The smallest absolute Gasteiger partial charge is 0.319 e. The number of urea groups is 1. The van der Waals surface area contributed by atoms with Crippen molar-refractivity contribution in [3.8, 4) is 11.5 Å². The van der Waals surface area contributed by atoms with Crippen molar-refractivity contribution in [2.45, 2.75) is 32.4 Å². The Balaban J connectivity index is 1.46. The number of halogens is 3. The van der Waals surface area contributed by atoms with Crippen LogP contribution >= 0.6 is 11.6 Å². The average Bonchev–Trinajstić information content (AvgIpc) is 3.08. The zero-order chi connectivity index (χ0) is 25.9. The van der Waals surface area contributed by atoms with Crippen LogP contribution in [0.4, 0.5) is 19.3 Å². The number of hydrogen-bond acceptors (Lipinski definition) is 5. The van der Waals surface area contributed by atoms with Gasteiger partial charge in [0.25, 0.3) is 0 Å². The molecule has 1 aliphatic heterocycles. The van der Waals surface area contributed by atoms with E-state index in [1.165, 1.54) is 12.3 Å². The van der Waals surface area contributed by atoms with E-state index in [1.54, 1.807) is 10.8 Å². The van der Waals surface area contributed by atoms with E-state index in [1.807, 2.05) is 0 Å². The van der Waals surface area contributed by atoms with Crippen molar-refractivity contribution in [3.05, 3.63) is 47.2 Å². The molecule has 0 radical (unpaired) electrons. The van der Waals surface area contributed by atoms with Gasteiger partial charge in [0, 0.05) is 57.4 Å². The second-order valence-corrected chi connectivity index (χ2v) is 15.9. The van der Waals surface area contributed by atoms with Crippen LogP contribution in [0, 0.1) is 17.6 Å². The molecule has 0 unspecified atom stereocenters. The Morgan fingerprint density at radius 2 is 2.00 bits per heavy atom. The van der Waals surface area contributed by atoms with Gasteiger partial charge in [-0.05, 0) is 12.1 Å². The first-order chi connectivity index (χ1) is 17.1. The Bertz CT molecular complexity index is 1220. The molecule has 4 rings (SSSR count). The van der Waals surface area contributed by atoms with Gasteiger partial charge in [-0.1, -0.05) is 31.2 Å². The number of hydrogen-bond donors (Lipinski definition) is 2. The molecule has 2 N–H and O–H groups in total. The number of nitrogens with one attached hydrogen (secondary N) is 2. The number of ether oxygens (including phenoxy) is 3. The summed E-state index contributed by atoms with van der Waals surface area (Å²) in [6.07, 6.45) is 3.12. The van der Waals surface area contributed by atoms with E-state index < -0.39 is 31.5 Å². The highest BCUT2D eigenvalue weighted by Gasteiger charge is 2.21. The van der Waals surface area contributed by atoms with E-state index in [9.17, 15) is 13.6 Å². The van der Waals surface area contributed by atoms with Crippen LogP contribution in [0.5, 0.6) is 11.5 Å². The molecule has 0 aliphatic carbocycles. The number of rotatable bonds is 10. The fourth-order valence-corrected chi connectivity index (χ4v) is 4.57. The maximum absolute atomic E-state index is 14.8. The molecule has 0 bridgehead atoms. The third-order valence-electron chi connectivity index (χ3n) is 5.63. The minimum Gasteiger partial charge on any atom is -0.450 e. The number of anilines is 1. The van der Waals surface area contributed by atoms with Crippen LogP contribution in [0.1, 0.15) is 0 Å². The predicted octanol–water partition coefficient (Wildman–Crippen LogP) is 5.84. The lowest BCUT2D eigenvalue weighted by atomic mass is 10.1. The van der Waals surface area contributed by atoms with E-state index >= 15 is 0 Å². The standard InChI is InChI=1S/C24H29ClF2N4O4Si/c1-36(2,3)7-6-33-14-31-11-17(25)21-20(4-5-28-23(21)31)35-22-18(26)8-16(9-19(22)27)30-24(32)29-10-15-12-34-13-15/h4-5,8-9,11,15H,6-7,10,12-14H2,1-3H3,(H2,29,30,32). The van der Waals surface area contributed by atoms with E-state index in [0.29, 0.717) is 42.4 Å². The van der Waals surface area contributed by atoms with Gasteiger partial charge in [0.2, 0.25) is 0 Å². The van der Waals surface area contributed by atoms with Crippen molar-refractivity contribution in [1.29, 1.82) is 0 Å². The Kier molecular flexibility index (Phi) is 8.13. The lowest BCUT2D eigenvalue weighted by molar-refractivity contribution is -0.0292. The van der Waals surface area contributed by atoms with Crippen LogP contribution in [0.3, 0.4) is 0 Å². The molecule has 1 fully saturated rings. The van der Waals surface area contributed by atoms with Crippen molar-refractivity contribution >= 4 is 42.4 Å². The highest BCUT2D eigenvalue weighted by molar-refractivity contribution is 6.76. The van der Waals surface area contributed by atoms with Gasteiger partial charge >= 0.3 is 6.03 Å². The highest BCUT2D eigenvalue weighted by atomic mass is 35.5. The van der Waals surface area contributed by atoms with Gasteiger partial charge in [-0.15, -0.1) is 0 Å². The Morgan fingerprint density at radius 1 is 1.28 bits per heavy atom. The topological polar surface area (TPSA) is 86.6 Å². The molecule has 0 saturated carbocycles. The fraction of sp³-hybridized carbons (Fsp3) is 0.417. The maximum atomic E-state index is 14.8. The van der Waals surface area contributed by atoms with Crippen molar-refractivity contribution in [2.75, 3.05) is 31.7 Å². The van der Waals surface area contributed by atoms with Crippen molar-refractivity contribution in [2.24, 2.45) is 5.92 Å². The first-order valence-electron chi connectivity index (χ1n) is 11.6. The summed E-state index contributed by atoms with van der Waals surface area (Å²) in [5.74, 6) is -2.18. The molecule has 0 atom stereocenters. The van der Waals surface area contributed by atoms with Crippen LogP contribution in [0.2, 0.25) is 30.7 Å². The second-order valence-electron chi connectivity index (χ2n) is 9.91. The molecule has 36 heavy (non-hydrogen) atoms. The molecule has 1 saturated heterocycles. The molecule has 8 nitrogen and oxygen atoms in total. The van der Waals surface area contributed by atoms with Crippen molar-refractivity contribution in [1.82, 2.24) is 14.9 Å². The number of amides is 2. The highest BCUT2D eigenvalue weighted by Crippen LogP contribution is 2.37. The summed E-state index contributed by atoms with van der Waals surface area (Å²) in [7, 11) is -1.23. The third kappa shape index (κ3) is 6.52. The van der Waals surface area contributed by atoms with Gasteiger partial charge in [-0.2, -0.15) is 0 Å². The number of carbonyl (C=O) groups excluding carboxylic acids is 1. The van der Waals surface area contributed by atoms with Gasteiger partial charge in [0.1, 0.15) is 18.1 Å². The molecule has 194 valence electrons. The summed E-state index contributed by atoms with van der Waals surface area (Å²) >= 11 is 6.42. The normalized spacial score (nSPS) is 14.1. The van der Waals surface area contributed by atoms with Gasteiger partial charge in [-0.25, -0.2) is 18.6 Å². The number of fused-ring (bicyclic) bond motifs is 1. The summed E-state index contributed by atoms with van der Waals surface area (Å²) in [5, 5.41) is 5.79. The van der Waals surface area contributed by atoms with Gasteiger partial charge < -0.3 is 29.4 Å². The third-order valence-corrected chi connectivity index (χ3v) is 7.62. The SMILES string of the molecule is C[Si](C)(C)CCOCn1cc(Cl)c2c(Oc3c(F)cc(NC(=O)NCC4COC4)cc3F)ccnc21. The molecule has 3 aromatic rings. The summed E-state index contributed by atoms with van der Waals surface area (Å²) in [6.45, 7) is 9.24. The van der Waals surface area contributed by atoms with Crippen LogP contribution < -0.4 is 15.4 Å². The van der Waals surface area contributed by atoms with Gasteiger partial charge in [0.15, 0.2) is 17.4 Å². The van der Waals surface area contributed by atoms with Crippen molar-refractivity contribution < 1.29 is 27.8 Å². The largest absolute Gasteiger partial charge is 0.450 e. The summed E-state index contributed by atoms with van der Waals surface area (Å²) in [4.78, 5) is 16.4. The van der Waals surface area contributed by atoms with Crippen LogP contribution in [-0.2, 0) is 16.2 Å². The monoisotopic (exact) mass is 538 g/mol. The van der Waals surface area contributed by atoms with Crippen molar-refractivity contribution in [3.63, 3.8) is 0 Å². The number of benzene rings is 1. The Morgan fingerprint density at radius 3 is 2.64 bits per heavy atom. The first kappa shape index (κ1) is 26.3. The summed E-state index contributed by atoms with van der Waals surface area (Å²) in [5.41, 5.74) is 0.428. The number of aromatic nitrogens is 2. The van der Waals surface area contributed by atoms with Gasteiger partial charge in [0.05, 0.1) is 23.6 Å². The first-order valence-corrected chi connectivity index (χ1v) is 15.7. The Hall–Kier alpha value is -2.73. The molecule has 1 aliphatic rings. The van der Waals surface area contributed by atoms with Gasteiger partial charge in [-0.3, -0.25) is 0 Å². The summed E-state index contributed by atoms with van der Waals surface area (Å²) in [6, 6.07) is 3.91. The molecular formula is C24H29ClF2N4O4Si. The molecule has 2 aromatic heterocycles. The van der Waals surface area contributed by atoms with Crippen LogP contribution in [0.25, 0.3) is 11.0 Å². The quantitative estimate of drug-likeness (QED) is 0.250. The van der Waals surface area contributed by atoms with E-state index in [2.05, 4.69) is 35.3 Å². The molecule has 1 aromatic carbocycles. The lowest BCUT2D eigenvalue weighted by Gasteiger charge is -2.25. The average molecular weight is 539 g/mol. The number of nitrogens with zero attached hydrogens (tertiary/aromatic N) is 2. The molecule has 3 heterocycles. The number of carbonyl (C=O) groups is 1. The minimum atomic E-state index is -1.23. The number of pyridine rings is 1. The fourth-order valence-electron chi connectivity index (χ4n) is 3.52. The van der Waals surface area contributed by atoms with E-state index in [0.717, 1.165) is 18.2 Å². The zero-order valence-corrected chi connectivity index (χ0v) is 22.1. The molecular weight excluding hydrogens is 510 g/mol. The van der Waals surface area contributed by atoms with Crippen LogP contribution in [0.15, 0.2) is 30.6 Å². The summed E-state index contributed by atoms with van der Waals surface area (Å²) < 4.78 is 47.8. The Labute approximate surface area is 213 Å². The molecule has 0 spiro atoms. The van der Waals surface area contributed by atoms with E-state index in [4.69, 9.17) is 25.8 Å². The molecule has 2 amide bonds. The van der Waals surface area contributed by atoms with Crippen LogP contribution in [-0.4, -0.2) is 50.0 Å². The molecule has 12 heteroatoms. The second kappa shape index (κ2) is 11.1. The lowest BCUT2D eigenvalue weighted by Crippen LogP contribution is -2.40.